The second kappa shape index (κ2) is 12.5. The number of benzene rings is 2. The Kier molecular flexibility index (Phi) is 9.41. The van der Waals surface area contributed by atoms with Crippen LogP contribution in [0.3, 0.4) is 0 Å². The summed E-state index contributed by atoms with van der Waals surface area (Å²) in [5.74, 6) is -1.02. The maximum absolute atomic E-state index is 14.5. The van der Waals surface area contributed by atoms with E-state index in [1.165, 1.54) is 22.7 Å². The van der Waals surface area contributed by atoms with E-state index in [1.54, 1.807) is 18.2 Å². The van der Waals surface area contributed by atoms with Gasteiger partial charge in [-0.2, -0.15) is 0 Å². The SMILES string of the molecule is CCC(C(=O)Nc1ccc(N(C)C)cc1)N(Cc1ccccc1F)C(=O)CSc1nc(C)cc(C)n1. The lowest BCUT2D eigenvalue weighted by atomic mass is 10.1. The Morgan fingerprint density at radius 2 is 1.67 bits per heavy atom. The molecule has 0 saturated heterocycles. The molecule has 0 aliphatic rings. The van der Waals surface area contributed by atoms with Crippen molar-refractivity contribution in [1.29, 1.82) is 0 Å². The van der Waals surface area contributed by atoms with Gasteiger partial charge in [-0.15, -0.1) is 0 Å². The minimum absolute atomic E-state index is 0.0226. The third kappa shape index (κ3) is 7.27. The number of carbonyl (C=O) groups is 2. The number of rotatable bonds is 10. The number of hydrogen-bond acceptors (Lipinski definition) is 6. The van der Waals surface area contributed by atoms with Gasteiger partial charge in [0.25, 0.3) is 0 Å². The molecular weight excluding hydrogens is 477 g/mol. The Morgan fingerprint density at radius 1 is 1.03 bits per heavy atom. The van der Waals surface area contributed by atoms with Gasteiger partial charge in [0.05, 0.1) is 5.75 Å². The van der Waals surface area contributed by atoms with E-state index in [0.29, 0.717) is 22.8 Å². The van der Waals surface area contributed by atoms with Gasteiger partial charge in [-0.3, -0.25) is 9.59 Å². The number of anilines is 2. The summed E-state index contributed by atoms with van der Waals surface area (Å²) in [6, 6.07) is 14.8. The number of carbonyl (C=O) groups excluding carboxylic acids is 2. The number of hydrogen-bond donors (Lipinski definition) is 1. The molecular formula is C27H32FN5O2S. The molecule has 7 nitrogen and oxygen atoms in total. The summed E-state index contributed by atoms with van der Waals surface area (Å²) in [4.78, 5) is 38.9. The van der Waals surface area contributed by atoms with Gasteiger partial charge in [-0.25, -0.2) is 14.4 Å². The summed E-state index contributed by atoms with van der Waals surface area (Å²) < 4.78 is 14.5. The highest BCUT2D eigenvalue weighted by Crippen LogP contribution is 2.21. The first-order chi connectivity index (χ1) is 17.2. The Hall–Kier alpha value is -3.46. The first kappa shape index (κ1) is 27.1. The average Bonchev–Trinajstić information content (AvgIpc) is 2.83. The molecule has 0 aliphatic heterocycles. The predicted octanol–water partition coefficient (Wildman–Crippen LogP) is 4.84. The lowest BCUT2D eigenvalue weighted by molar-refractivity contribution is -0.137. The fraction of sp³-hybridized carbons (Fsp3) is 0.333. The lowest BCUT2D eigenvalue weighted by Crippen LogP contribution is -2.47. The van der Waals surface area contributed by atoms with E-state index in [2.05, 4.69) is 15.3 Å². The van der Waals surface area contributed by atoms with Gasteiger partial charge >= 0.3 is 0 Å². The zero-order valence-electron chi connectivity index (χ0n) is 21.3. The number of nitrogens with zero attached hydrogens (tertiary/aromatic N) is 4. The first-order valence-corrected chi connectivity index (χ1v) is 12.7. The third-order valence-electron chi connectivity index (χ3n) is 5.62. The molecule has 2 aromatic carbocycles. The van der Waals surface area contributed by atoms with Crippen LogP contribution in [0.2, 0.25) is 0 Å². The minimum atomic E-state index is -0.786. The molecule has 0 radical (unpaired) electrons. The largest absolute Gasteiger partial charge is 0.378 e. The molecule has 190 valence electrons. The van der Waals surface area contributed by atoms with E-state index in [9.17, 15) is 14.0 Å². The molecule has 9 heteroatoms. The number of aromatic nitrogens is 2. The highest BCUT2D eigenvalue weighted by molar-refractivity contribution is 7.99. The van der Waals surface area contributed by atoms with Crippen molar-refractivity contribution in [3.63, 3.8) is 0 Å². The van der Waals surface area contributed by atoms with Crippen LogP contribution in [0.25, 0.3) is 0 Å². The van der Waals surface area contributed by atoms with Crippen molar-refractivity contribution in [2.24, 2.45) is 0 Å². The molecule has 0 fully saturated rings. The van der Waals surface area contributed by atoms with Crippen LogP contribution >= 0.6 is 11.8 Å². The minimum Gasteiger partial charge on any atom is -0.378 e. The van der Waals surface area contributed by atoms with E-state index >= 15 is 0 Å². The van der Waals surface area contributed by atoms with E-state index in [1.807, 2.05) is 70.1 Å². The van der Waals surface area contributed by atoms with E-state index < -0.39 is 11.9 Å². The van der Waals surface area contributed by atoms with Crippen molar-refractivity contribution in [2.75, 3.05) is 30.1 Å². The van der Waals surface area contributed by atoms with Crippen LogP contribution in [-0.4, -0.2) is 52.6 Å². The second-order valence-corrected chi connectivity index (χ2v) is 9.63. The number of thioether (sulfide) groups is 1. The Labute approximate surface area is 216 Å². The van der Waals surface area contributed by atoms with E-state index in [4.69, 9.17) is 0 Å². The van der Waals surface area contributed by atoms with Gasteiger partial charge in [0.2, 0.25) is 11.8 Å². The zero-order chi connectivity index (χ0) is 26.2. The van der Waals surface area contributed by atoms with Crippen LogP contribution in [0.5, 0.6) is 0 Å². The third-order valence-corrected chi connectivity index (χ3v) is 6.45. The van der Waals surface area contributed by atoms with Gasteiger partial charge in [0.1, 0.15) is 11.9 Å². The summed E-state index contributed by atoms with van der Waals surface area (Å²) in [5.41, 5.74) is 3.60. The van der Waals surface area contributed by atoms with Gasteiger partial charge in [-0.05, 0) is 56.7 Å². The van der Waals surface area contributed by atoms with E-state index in [-0.39, 0.29) is 24.1 Å². The molecule has 1 heterocycles. The second-order valence-electron chi connectivity index (χ2n) is 8.69. The average molecular weight is 510 g/mol. The first-order valence-electron chi connectivity index (χ1n) is 11.7. The highest BCUT2D eigenvalue weighted by Gasteiger charge is 2.29. The van der Waals surface area contributed by atoms with Gasteiger partial charge in [-0.1, -0.05) is 36.9 Å². The van der Waals surface area contributed by atoms with Crippen molar-refractivity contribution in [1.82, 2.24) is 14.9 Å². The number of aryl methyl sites for hydroxylation is 2. The highest BCUT2D eigenvalue weighted by atomic mass is 32.2. The molecule has 0 saturated carbocycles. The molecule has 3 rings (SSSR count). The molecule has 0 aliphatic carbocycles. The quantitative estimate of drug-likeness (QED) is 0.311. The molecule has 1 unspecified atom stereocenters. The molecule has 3 aromatic rings. The summed E-state index contributed by atoms with van der Waals surface area (Å²) in [7, 11) is 3.88. The Bertz CT molecular complexity index is 1180. The summed E-state index contributed by atoms with van der Waals surface area (Å²) in [6.45, 7) is 5.55. The van der Waals surface area contributed by atoms with Crippen molar-refractivity contribution in [3.05, 3.63) is 77.4 Å². The van der Waals surface area contributed by atoms with Crippen molar-refractivity contribution in [3.8, 4) is 0 Å². The van der Waals surface area contributed by atoms with Crippen LogP contribution in [0.1, 0.15) is 30.3 Å². The lowest BCUT2D eigenvalue weighted by Gasteiger charge is -2.30. The fourth-order valence-electron chi connectivity index (χ4n) is 3.77. The molecule has 1 atom stereocenters. The van der Waals surface area contributed by atoms with E-state index in [0.717, 1.165) is 17.1 Å². The van der Waals surface area contributed by atoms with Crippen LogP contribution in [0.15, 0.2) is 59.8 Å². The molecule has 1 aromatic heterocycles. The zero-order valence-corrected chi connectivity index (χ0v) is 22.1. The van der Waals surface area contributed by atoms with Crippen LogP contribution in [0, 0.1) is 19.7 Å². The maximum atomic E-state index is 14.5. The number of amides is 2. The molecule has 0 bridgehead atoms. The van der Waals surface area contributed by atoms with Gasteiger partial charge in [0, 0.05) is 49.0 Å². The summed E-state index contributed by atoms with van der Waals surface area (Å²) >= 11 is 1.20. The standard InChI is InChI=1S/C27H32FN5O2S/c1-6-24(26(35)31-21-11-13-22(14-12-21)32(4)5)33(16-20-9-7-8-10-23(20)28)25(34)17-36-27-29-18(2)15-19(3)30-27/h7-15,24H,6,16-17H2,1-5H3,(H,31,35). The number of nitrogens with one attached hydrogen (secondary N) is 1. The van der Waals surface area contributed by atoms with Crippen molar-refractivity contribution < 1.29 is 14.0 Å². The topological polar surface area (TPSA) is 78.4 Å². The molecule has 1 N–H and O–H groups in total. The fourth-order valence-corrected chi connectivity index (χ4v) is 4.60. The van der Waals surface area contributed by atoms with Crippen LogP contribution in [0.4, 0.5) is 15.8 Å². The number of halogens is 1. The summed E-state index contributed by atoms with van der Waals surface area (Å²) in [6.07, 6.45) is 0.368. The van der Waals surface area contributed by atoms with Crippen molar-refractivity contribution >= 4 is 35.0 Å². The van der Waals surface area contributed by atoms with Crippen LogP contribution < -0.4 is 10.2 Å². The van der Waals surface area contributed by atoms with Gasteiger partial charge < -0.3 is 15.1 Å². The smallest absolute Gasteiger partial charge is 0.247 e. The predicted molar refractivity (Wildman–Crippen MR) is 143 cm³/mol. The summed E-state index contributed by atoms with van der Waals surface area (Å²) in [5, 5.41) is 3.40. The Morgan fingerprint density at radius 3 is 2.25 bits per heavy atom. The van der Waals surface area contributed by atoms with Crippen molar-refractivity contribution in [2.45, 2.75) is 44.9 Å². The van der Waals surface area contributed by atoms with Crippen LogP contribution in [-0.2, 0) is 16.1 Å². The Balaban J connectivity index is 1.82. The maximum Gasteiger partial charge on any atom is 0.247 e. The monoisotopic (exact) mass is 509 g/mol. The molecule has 2 amide bonds. The van der Waals surface area contributed by atoms with Gasteiger partial charge in [0.15, 0.2) is 5.16 Å². The molecule has 36 heavy (non-hydrogen) atoms. The normalized spacial score (nSPS) is 11.6. The molecule has 0 spiro atoms.